The molecule has 1 N–H and O–H groups in total. The number of piperidine rings is 1. The molecule has 0 spiro atoms. The number of nitrogens with zero attached hydrogens (tertiary/aromatic N) is 1. The predicted molar refractivity (Wildman–Crippen MR) is 87.6 cm³/mol. The lowest BCUT2D eigenvalue weighted by atomic mass is 10.1. The molecule has 0 aliphatic carbocycles. The lowest BCUT2D eigenvalue weighted by molar-refractivity contribution is 0.0527. The molecule has 1 fully saturated rings. The van der Waals surface area contributed by atoms with Gasteiger partial charge in [-0.3, -0.25) is 0 Å². The molecule has 1 aliphatic rings. The minimum atomic E-state index is -0.404. The zero-order valence-corrected chi connectivity index (χ0v) is 14.2. The first-order valence-electron chi connectivity index (χ1n) is 8.66. The summed E-state index contributed by atoms with van der Waals surface area (Å²) < 4.78 is 5.19. The van der Waals surface area contributed by atoms with E-state index in [1.54, 1.807) is 0 Å². The average Bonchev–Trinajstić information content (AvgIpc) is 2.41. The van der Waals surface area contributed by atoms with E-state index in [-0.39, 0.29) is 6.09 Å². The Balaban J connectivity index is 1.85. The molecule has 0 aromatic rings. The van der Waals surface area contributed by atoms with Crippen molar-refractivity contribution in [3.63, 3.8) is 0 Å². The van der Waals surface area contributed by atoms with Gasteiger partial charge in [0, 0.05) is 6.54 Å². The molecular weight excluding hydrogens is 264 g/mol. The number of hydrogen-bond donors (Lipinski definition) is 1. The van der Waals surface area contributed by atoms with Crippen LogP contribution in [-0.2, 0) is 4.74 Å². The molecule has 0 aromatic carbocycles. The molecule has 0 unspecified atom stereocenters. The minimum absolute atomic E-state index is 0.299. The van der Waals surface area contributed by atoms with Crippen LogP contribution in [0.1, 0.15) is 72.1 Å². The van der Waals surface area contributed by atoms with Gasteiger partial charge in [0.1, 0.15) is 5.60 Å². The summed E-state index contributed by atoms with van der Waals surface area (Å²) >= 11 is 0. The number of carbonyl (C=O) groups is 1. The third-order valence-corrected chi connectivity index (χ3v) is 3.77. The number of alkyl carbamates (subject to hydrolysis) is 1. The molecule has 4 nitrogen and oxygen atoms in total. The highest BCUT2D eigenvalue weighted by atomic mass is 16.6. The van der Waals surface area contributed by atoms with Crippen LogP contribution in [0, 0.1) is 0 Å². The maximum atomic E-state index is 11.4. The molecule has 0 radical (unpaired) electrons. The van der Waals surface area contributed by atoms with Crippen molar-refractivity contribution in [1.82, 2.24) is 10.2 Å². The Kier molecular flexibility index (Phi) is 8.74. The first kappa shape index (κ1) is 18.3. The van der Waals surface area contributed by atoms with E-state index in [2.05, 4.69) is 10.2 Å². The molecule has 1 saturated heterocycles. The average molecular weight is 298 g/mol. The van der Waals surface area contributed by atoms with Gasteiger partial charge in [0.05, 0.1) is 0 Å². The highest BCUT2D eigenvalue weighted by molar-refractivity contribution is 5.67. The van der Waals surface area contributed by atoms with Crippen molar-refractivity contribution in [2.75, 3.05) is 26.2 Å². The molecule has 124 valence electrons. The smallest absolute Gasteiger partial charge is 0.407 e. The fourth-order valence-corrected chi connectivity index (χ4v) is 2.68. The van der Waals surface area contributed by atoms with E-state index in [1.165, 1.54) is 64.6 Å². The largest absolute Gasteiger partial charge is 0.444 e. The quantitative estimate of drug-likeness (QED) is 0.690. The molecule has 4 heteroatoms. The van der Waals surface area contributed by atoms with E-state index in [9.17, 15) is 4.79 Å². The van der Waals surface area contributed by atoms with Crippen LogP contribution in [-0.4, -0.2) is 42.8 Å². The molecule has 1 amide bonds. The molecule has 1 heterocycles. The SMILES string of the molecule is CC(C)(C)OC(=O)NCCCCCCCN1CCCCC1. The van der Waals surface area contributed by atoms with E-state index in [0.717, 1.165) is 13.0 Å². The van der Waals surface area contributed by atoms with Gasteiger partial charge in [-0.05, 0) is 66.1 Å². The fraction of sp³-hybridized carbons (Fsp3) is 0.941. The second-order valence-corrected chi connectivity index (χ2v) is 7.10. The number of carbonyl (C=O) groups excluding carboxylic acids is 1. The number of hydrogen-bond acceptors (Lipinski definition) is 3. The van der Waals surface area contributed by atoms with Gasteiger partial charge in [-0.2, -0.15) is 0 Å². The van der Waals surface area contributed by atoms with Gasteiger partial charge in [-0.1, -0.05) is 25.7 Å². The van der Waals surface area contributed by atoms with Crippen LogP contribution in [0.15, 0.2) is 0 Å². The molecule has 0 atom stereocenters. The Bertz CT molecular complexity index is 281. The number of nitrogens with one attached hydrogen (secondary N) is 1. The van der Waals surface area contributed by atoms with Crippen LogP contribution in [0.5, 0.6) is 0 Å². The molecular formula is C17H34N2O2. The highest BCUT2D eigenvalue weighted by Crippen LogP contribution is 2.11. The van der Waals surface area contributed by atoms with Gasteiger partial charge in [0.2, 0.25) is 0 Å². The van der Waals surface area contributed by atoms with Crippen molar-refractivity contribution < 1.29 is 9.53 Å². The summed E-state index contributed by atoms with van der Waals surface area (Å²) in [5.74, 6) is 0. The molecule has 0 bridgehead atoms. The van der Waals surface area contributed by atoms with Crippen molar-refractivity contribution in [3.8, 4) is 0 Å². The van der Waals surface area contributed by atoms with Crippen LogP contribution in [0.4, 0.5) is 4.79 Å². The molecule has 1 aliphatic heterocycles. The Morgan fingerprint density at radius 3 is 2.29 bits per heavy atom. The Morgan fingerprint density at radius 2 is 1.62 bits per heavy atom. The lowest BCUT2D eigenvalue weighted by Gasteiger charge is -2.26. The summed E-state index contributed by atoms with van der Waals surface area (Å²) in [6.45, 7) is 10.3. The normalized spacial score (nSPS) is 16.7. The maximum absolute atomic E-state index is 11.4. The molecule has 1 rings (SSSR count). The van der Waals surface area contributed by atoms with Gasteiger partial charge < -0.3 is 15.0 Å². The number of amides is 1. The minimum Gasteiger partial charge on any atom is -0.444 e. The summed E-state index contributed by atoms with van der Waals surface area (Å²) in [6.07, 6.45) is 10.0. The van der Waals surface area contributed by atoms with Crippen molar-refractivity contribution in [1.29, 1.82) is 0 Å². The van der Waals surface area contributed by atoms with Crippen LogP contribution >= 0.6 is 0 Å². The summed E-state index contributed by atoms with van der Waals surface area (Å²) in [6, 6.07) is 0. The third-order valence-electron chi connectivity index (χ3n) is 3.77. The van der Waals surface area contributed by atoms with Crippen molar-refractivity contribution >= 4 is 6.09 Å². The van der Waals surface area contributed by atoms with Gasteiger partial charge in [-0.15, -0.1) is 0 Å². The Hall–Kier alpha value is -0.770. The van der Waals surface area contributed by atoms with Crippen LogP contribution in [0.3, 0.4) is 0 Å². The summed E-state index contributed by atoms with van der Waals surface area (Å²) in [5, 5.41) is 2.81. The Labute approximate surface area is 130 Å². The van der Waals surface area contributed by atoms with E-state index in [1.807, 2.05) is 20.8 Å². The van der Waals surface area contributed by atoms with Crippen LogP contribution in [0.2, 0.25) is 0 Å². The van der Waals surface area contributed by atoms with E-state index in [4.69, 9.17) is 4.74 Å². The summed E-state index contributed by atoms with van der Waals surface area (Å²) in [5.41, 5.74) is -0.404. The topological polar surface area (TPSA) is 41.6 Å². The predicted octanol–water partition coefficient (Wildman–Crippen LogP) is 3.95. The van der Waals surface area contributed by atoms with E-state index < -0.39 is 5.60 Å². The third kappa shape index (κ3) is 10.6. The van der Waals surface area contributed by atoms with Crippen molar-refractivity contribution in [2.24, 2.45) is 0 Å². The van der Waals surface area contributed by atoms with Crippen molar-refractivity contribution in [2.45, 2.75) is 77.7 Å². The van der Waals surface area contributed by atoms with Gasteiger partial charge in [-0.25, -0.2) is 4.79 Å². The van der Waals surface area contributed by atoms with Crippen LogP contribution < -0.4 is 5.32 Å². The Morgan fingerprint density at radius 1 is 1.00 bits per heavy atom. The van der Waals surface area contributed by atoms with Gasteiger partial charge >= 0.3 is 6.09 Å². The zero-order valence-electron chi connectivity index (χ0n) is 14.2. The van der Waals surface area contributed by atoms with E-state index in [0.29, 0.717) is 0 Å². The number of rotatable bonds is 8. The maximum Gasteiger partial charge on any atom is 0.407 e. The standard InChI is InChI=1S/C17H34N2O2/c1-17(2,3)21-16(20)18-12-8-5-4-6-9-13-19-14-10-7-11-15-19/h4-15H2,1-3H3,(H,18,20). The molecule has 21 heavy (non-hydrogen) atoms. The van der Waals surface area contributed by atoms with E-state index >= 15 is 0 Å². The monoisotopic (exact) mass is 298 g/mol. The molecule has 0 saturated carbocycles. The lowest BCUT2D eigenvalue weighted by Crippen LogP contribution is -2.33. The molecule has 0 aromatic heterocycles. The summed E-state index contributed by atoms with van der Waals surface area (Å²) in [4.78, 5) is 14.0. The van der Waals surface area contributed by atoms with Gasteiger partial charge in [0.15, 0.2) is 0 Å². The van der Waals surface area contributed by atoms with Gasteiger partial charge in [0.25, 0.3) is 0 Å². The fourth-order valence-electron chi connectivity index (χ4n) is 2.68. The van der Waals surface area contributed by atoms with Crippen molar-refractivity contribution in [3.05, 3.63) is 0 Å². The zero-order chi connectivity index (χ0) is 15.6. The second-order valence-electron chi connectivity index (χ2n) is 7.10. The number of likely N-dealkylation sites (tertiary alicyclic amines) is 1. The second kappa shape index (κ2) is 10.0. The summed E-state index contributed by atoms with van der Waals surface area (Å²) in [7, 11) is 0. The number of ether oxygens (including phenoxy) is 1. The first-order valence-corrected chi connectivity index (χ1v) is 8.66. The number of unbranched alkanes of at least 4 members (excludes halogenated alkanes) is 4. The first-order chi connectivity index (χ1) is 9.97. The van der Waals surface area contributed by atoms with Crippen LogP contribution in [0.25, 0.3) is 0 Å². The highest BCUT2D eigenvalue weighted by Gasteiger charge is 2.15.